The van der Waals surface area contributed by atoms with Gasteiger partial charge in [-0.05, 0) is 53.4 Å². The summed E-state index contributed by atoms with van der Waals surface area (Å²) in [5.41, 5.74) is 8.24. The van der Waals surface area contributed by atoms with Crippen molar-refractivity contribution in [3.8, 4) is 5.75 Å². The van der Waals surface area contributed by atoms with Gasteiger partial charge in [0.25, 0.3) is 0 Å². The molecule has 6 nitrogen and oxygen atoms in total. The quantitative estimate of drug-likeness (QED) is 0.493. The second-order valence-electron chi connectivity index (χ2n) is 6.93. The van der Waals surface area contributed by atoms with E-state index in [-0.39, 0.29) is 12.5 Å². The molecule has 30 heavy (non-hydrogen) atoms. The Labute approximate surface area is 173 Å². The molecule has 0 aliphatic heterocycles. The summed E-state index contributed by atoms with van der Waals surface area (Å²) in [5.74, 6) is 0.0701. The third-order valence-electron chi connectivity index (χ3n) is 4.76. The number of ether oxygens (including phenoxy) is 1. The van der Waals surface area contributed by atoms with Crippen molar-refractivity contribution in [3.63, 3.8) is 0 Å². The van der Waals surface area contributed by atoms with Gasteiger partial charge in [0.05, 0.1) is 5.52 Å². The normalized spacial score (nSPS) is 10.7. The summed E-state index contributed by atoms with van der Waals surface area (Å²) in [4.78, 5) is 23.6. The third-order valence-corrected chi connectivity index (χ3v) is 4.76. The predicted octanol–water partition coefficient (Wildman–Crippen LogP) is 3.96. The Morgan fingerprint density at radius 1 is 0.933 bits per heavy atom. The number of benzene rings is 3. The maximum absolute atomic E-state index is 12.5. The van der Waals surface area contributed by atoms with Crippen LogP contribution < -0.4 is 15.8 Å². The number of rotatable bonds is 7. The maximum atomic E-state index is 12.5. The molecule has 0 radical (unpaired) electrons. The zero-order chi connectivity index (χ0) is 20.9. The van der Waals surface area contributed by atoms with Crippen molar-refractivity contribution >= 4 is 28.4 Å². The standard InChI is InChI=1S/C24H21N3O3/c25-24(29)19-6-9-20(10-7-19)26-23(28)15-27-13-12-18-8-11-21(14-22(18)27)30-16-17-4-2-1-3-5-17/h1-14H,15-16H2,(H2,25,29)(H,26,28). The molecule has 0 atom stereocenters. The molecule has 6 heteroatoms. The second kappa shape index (κ2) is 8.53. The van der Waals surface area contributed by atoms with Gasteiger partial charge in [-0.25, -0.2) is 0 Å². The van der Waals surface area contributed by atoms with Gasteiger partial charge in [0.1, 0.15) is 18.9 Å². The molecule has 1 aromatic heterocycles. The molecule has 150 valence electrons. The van der Waals surface area contributed by atoms with Crippen molar-refractivity contribution in [2.45, 2.75) is 13.2 Å². The van der Waals surface area contributed by atoms with Crippen molar-refractivity contribution < 1.29 is 14.3 Å². The van der Waals surface area contributed by atoms with Crippen LogP contribution in [-0.2, 0) is 17.9 Å². The average molecular weight is 399 g/mol. The van der Waals surface area contributed by atoms with E-state index in [1.165, 1.54) is 0 Å². The van der Waals surface area contributed by atoms with Crippen LogP contribution in [0.4, 0.5) is 5.69 Å². The minimum atomic E-state index is -0.503. The van der Waals surface area contributed by atoms with E-state index in [1.807, 2.05) is 65.4 Å². The van der Waals surface area contributed by atoms with E-state index >= 15 is 0 Å². The number of carbonyl (C=O) groups excluding carboxylic acids is 2. The fourth-order valence-corrected chi connectivity index (χ4v) is 3.21. The zero-order valence-electron chi connectivity index (χ0n) is 16.2. The molecular formula is C24H21N3O3. The average Bonchev–Trinajstić information content (AvgIpc) is 3.15. The summed E-state index contributed by atoms with van der Waals surface area (Å²) in [5, 5.41) is 3.86. The van der Waals surface area contributed by atoms with Crippen LogP contribution in [0.2, 0.25) is 0 Å². The van der Waals surface area contributed by atoms with E-state index in [1.54, 1.807) is 24.3 Å². The van der Waals surface area contributed by atoms with Gasteiger partial charge in [-0.15, -0.1) is 0 Å². The van der Waals surface area contributed by atoms with E-state index in [0.29, 0.717) is 17.9 Å². The van der Waals surface area contributed by atoms with Gasteiger partial charge < -0.3 is 20.4 Å². The Hall–Kier alpha value is -4.06. The smallest absolute Gasteiger partial charge is 0.248 e. The van der Waals surface area contributed by atoms with Gasteiger partial charge in [0, 0.05) is 23.5 Å². The van der Waals surface area contributed by atoms with E-state index in [9.17, 15) is 9.59 Å². The molecule has 1 heterocycles. The number of aromatic nitrogens is 1. The minimum Gasteiger partial charge on any atom is -0.489 e. The summed E-state index contributed by atoms with van der Waals surface area (Å²) < 4.78 is 7.78. The molecule has 0 saturated carbocycles. The highest BCUT2D eigenvalue weighted by Gasteiger charge is 2.09. The lowest BCUT2D eigenvalue weighted by Crippen LogP contribution is -2.18. The Morgan fingerprint density at radius 3 is 2.43 bits per heavy atom. The Morgan fingerprint density at radius 2 is 1.70 bits per heavy atom. The number of nitrogens with two attached hydrogens (primary N) is 1. The lowest BCUT2D eigenvalue weighted by Gasteiger charge is -2.10. The third kappa shape index (κ3) is 4.50. The summed E-state index contributed by atoms with van der Waals surface area (Å²) >= 11 is 0. The first-order valence-electron chi connectivity index (χ1n) is 9.54. The van der Waals surface area contributed by atoms with Crippen molar-refractivity contribution in [1.29, 1.82) is 0 Å². The first-order valence-corrected chi connectivity index (χ1v) is 9.54. The molecule has 3 aromatic carbocycles. The van der Waals surface area contributed by atoms with E-state index < -0.39 is 5.91 Å². The predicted molar refractivity (Wildman–Crippen MR) is 116 cm³/mol. The number of carbonyl (C=O) groups is 2. The number of amides is 2. The SMILES string of the molecule is NC(=O)c1ccc(NC(=O)Cn2ccc3ccc(OCc4ccccc4)cc32)cc1. The van der Waals surface area contributed by atoms with Crippen LogP contribution in [-0.4, -0.2) is 16.4 Å². The van der Waals surface area contributed by atoms with Gasteiger partial charge in [0.15, 0.2) is 0 Å². The highest BCUT2D eigenvalue weighted by atomic mass is 16.5. The van der Waals surface area contributed by atoms with Gasteiger partial charge in [0.2, 0.25) is 11.8 Å². The van der Waals surface area contributed by atoms with Crippen LogP contribution in [0.15, 0.2) is 85.1 Å². The van der Waals surface area contributed by atoms with Crippen molar-refractivity contribution in [2.24, 2.45) is 5.73 Å². The summed E-state index contributed by atoms with van der Waals surface area (Å²) in [6.07, 6.45) is 1.88. The maximum Gasteiger partial charge on any atom is 0.248 e. The number of nitrogens with one attached hydrogen (secondary N) is 1. The lowest BCUT2D eigenvalue weighted by molar-refractivity contribution is -0.116. The highest BCUT2D eigenvalue weighted by molar-refractivity contribution is 5.95. The van der Waals surface area contributed by atoms with Crippen LogP contribution in [0.5, 0.6) is 5.75 Å². The summed E-state index contributed by atoms with van der Waals surface area (Å²) in [6.45, 7) is 0.637. The molecule has 0 fully saturated rings. The first kappa shape index (κ1) is 19.3. The van der Waals surface area contributed by atoms with Gasteiger partial charge >= 0.3 is 0 Å². The Balaban J connectivity index is 1.44. The number of nitrogens with zero attached hydrogens (tertiary/aromatic N) is 1. The molecule has 0 bridgehead atoms. The van der Waals surface area contributed by atoms with Crippen molar-refractivity contribution in [1.82, 2.24) is 4.57 Å². The van der Waals surface area contributed by atoms with E-state index in [2.05, 4.69) is 5.32 Å². The fraction of sp³-hybridized carbons (Fsp3) is 0.0833. The summed E-state index contributed by atoms with van der Waals surface area (Å²) in [7, 11) is 0. The monoisotopic (exact) mass is 399 g/mol. The zero-order valence-corrected chi connectivity index (χ0v) is 16.2. The number of primary amides is 1. The molecule has 0 unspecified atom stereocenters. The van der Waals surface area contributed by atoms with Gasteiger partial charge in [-0.2, -0.15) is 0 Å². The van der Waals surface area contributed by atoms with Crippen molar-refractivity contribution in [2.75, 3.05) is 5.32 Å². The molecule has 2 amide bonds. The van der Waals surface area contributed by atoms with E-state index in [4.69, 9.17) is 10.5 Å². The van der Waals surface area contributed by atoms with Crippen LogP contribution in [0.25, 0.3) is 10.9 Å². The highest BCUT2D eigenvalue weighted by Crippen LogP contribution is 2.23. The topological polar surface area (TPSA) is 86.4 Å². The molecule has 0 saturated heterocycles. The van der Waals surface area contributed by atoms with Crippen LogP contribution in [0.3, 0.4) is 0 Å². The van der Waals surface area contributed by atoms with Crippen molar-refractivity contribution in [3.05, 3.63) is 96.2 Å². The second-order valence-corrected chi connectivity index (χ2v) is 6.93. The molecule has 0 aliphatic carbocycles. The molecule has 4 aromatic rings. The largest absolute Gasteiger partial charge is 0.489 e. The van der Waals surface area contributed by atoms with E-state index in [0.717, 1.165) is 22.2 Å². The summed E-state index contributed by atoms with van der Waals surface area (Å²) in [6, 6.07) is 24.2. The molecule has 3 N–H and O–H groups in total. The number of anilines is 1. The molecule has 0 spiro atoms. The number of fused-ring (bicyclic) bond motifs is 1. The minimum absolute atomic E-state index is 0.156. The van der Waals surface area contributed by atoms with Crippen LogP contribution in [0.1, 0.15) is 15.9 Å². The number of hydrogen-bond donors (Lipinski definition) is 2. The fourth-order valence-electron chi connectivity index (χ4n) is 3.21. The Bertz CT molecular complexity index is 1180. The van der Waals surface area contributed by atoms with Gasteiger partial charge in [-0.3, -0.25) is 9.59 Å². The Kier molecular flexibility index (Phi) is 5.48. The van der Waals surface area contributed by atoms with Crippen LogP contribution in [0, 0.1) is 0 Å². The lowest BCUT2D eigenvalue weighted by atomic mass is 10.2. The first-order chi connectivity index (χ1) is 14.6. The molecule has 4 rings (SSSR count). The van der Waals surface area contributed by atoms with Crippen LogP contribution >= 0.6 is 0 Å². The molecular weight excluding hydrogens is 378 g/mol. The van der Waals surface area contributed by atoms with Gasteiger partial charge in [-0.1, -0.05) is 30.3 Å². The molecule has 0 aliphatic rings. The number of hydrogen-bond acceptors (Lipinski definition) is 3.